The largest absolute Gasteiger partial charge is 0.481 e. The van der Waals surface area contributed by atoms with Gasteiger partial charge in [-0.15, -0.1) is 0 Å². The van der Waals surface area contributed by atoms with Crippen molar-refractivity contribution in [3.8, 4) is 39.4 Å². The van der Waals surface area contributed by atoms with Crippen molar-refractivity contribution in [2.45, 2.75) is 51.9 Å². The minimum absolute atomic E-state index is 0.0926. The molecule has 1 aliphatic heterocycles. The van der Waals surface area contributed by atoms with Crippen LogP contribution in [-0.2, 0) is 17.9 Å². The summed E-state index contributed by atoms with van der Waals surface area (Å²) in [5.41, 5.74) is 6.94. The van der Waals surface area contributed by atoms with Crippen molar-refractivity contribution in [2.75, 3.05) is 20.2 Å². The lowest BCUT2D eigenvalue weighted by atomic mass is 9.96. The van der Waals surface area contributed by atoms with E-state index in [4.69, 9.17) is 32.9 Å². The zero-order chi connectivity index (χ0) is 34.7. The first-order chi connectivity index (χ1) is 23.6. The average molecular weight is 702 g/mol. The maximum Gasteiger partial charge on any atom is 0.262 e. The number of rotatable bonds is 12. The fourth-order valence-electron chi connectivity index (χ4n) is 6.15. The molecule has 1 fully saturated rings. The van der Waals surface area contributed by atoms with Crippen molar-refractivity contribution in [3.05, 3.63) is 104 Å². The standard InChI is InChI=1S/C37H38Cl2N6O4/c1-21-14-24(15-32-42-19-25(37(48)45(21)32)18-40-16-22(2)46)27-6-4-7-28(34(27)38)29-8-5-9-30(35(29)39)31-12-10-23(36(44-31)49-3)17-41-20-26-11-13-33(47)43-26/h4-10,12,14-15,19,22,26,40-41,46H,11,13,16-18,20H2,1-3H3,(H,43,47)/t22-,26+/m0/s1. The second kappa shape index (κ2) is 15.1. The van der Waals surface area contributed by atoms with E-state index in [9.17, 15) is 14.7 Å². The Morgan fingerprint density at radius 1 is 0.980 bits per heavy atom. The summed E-state index contributed by atoms with van der Waals surface area (Å²) in [5.74, 6) is 0.583. The fraction of sp³-hybridized carbons (Fsp3) is 0.297. The second-order valence-corrected chi connectivity index (χ2v) is 13.0. The van der Waals surface area contributed by atoms with E-state index < -0.39 is 6.10 Å². The monoisotopic (exact) mass is 700 g/mol. The van der Waals surface area contributed by atoms with Crippen molar-refractivity contribution in [3.63, 3.8) is 0 Å². The molecule has 12 heteroatoms. The third-order valence-electron chi connectivity index (χ3n) is 8.61. The fourth-order valence-corrected chi connectivity index (χ4v) is 6.81. The number of pyridine rings is 2. The Hall–Kier alpha value is -4.32. The van der Waals surface area contributed by atoms with Gasteiger partial charge in [0, 0.05) is 78.3 Å². The number of hydrogen-bond acceptors (Lipinski definition) is 8. The van der Waals surface area contributed by atoms with Crippen LogP contribution in [0.15, 0.2) is 71.7 Å². The van der Waals surface area contributed by atoms with Crippen LogP contribution in [0.5, 0.6) is 5.88 Å². The van der Waals surface area contributed by atoms with Crippen molar-refractivity contribution in [1.82, 2.24) is 30.3 Å². The average Bonchev–Trinajstić information content (AvgIpc) is 3.50. The number of benzene rings is 2. The Kier molecular flexibility index (Phi) is 10.6. The zero-order valence-electron chi connectivity index (χ0n) is 27.5. The van der Waals surface area contributed by atoms with E-state index in [1.54, 1.807) is 24.6 Å². The summed E-state index contributed by atoms with van der Waals surface area (Å²) in [6, 6.07) is 19.3. The lowest BCUT2D eigenvalue weighted by molar-refractivity contribution is -0.119. The highest BCUT2D eigenvalue weighted by Gasteiger charge is 2.21. The number of carbonyl (C=O) groups is 1. The van der Waals surface area contributed by atoms with Crippen molar-refractivity contribution < 1.29 is 14.6 Å². The molecule has 5 aromatic rings. The van der Waals surface area contributed by atoms with Crippen molar-refractivity contribution in [1.29, 1.82) is 0 Å². The summed E-state index contributed by atoms with van der Waals surface area (Å²) >= 11 is 14.2. The quantitative estimate of drug-likeness (QED) is 0.133. The Balaban J connectivity index is 1.28. The molecule has 0 spiro atoms. The molecule has 4 heterocycles. The van der Waals surface area contributed by atoms with Gasteiger partial charge in [0.05, 0.1) is 34.5 Å². The number of fused-ring (bicyclic) bond motifs is 1. The maximum absolute atomic E-state index is 13.3. The van der Waals surface area contributed by atoms with E-state index in [1.807, 2.05) is 67.6 Å². The van der Waals surface area contributed by atoms with Crippen LogP contribution in [0.3, 0.4) is 0 Å². The first-order valence-electron chi connectivity index (χ1n) is 16.2. The predicted molar refractivity (Wildman–Crippen MR) is 193 cm³/mol. The summed E-state index contributed by atoms with van der Waals surface area (Å²) < 4.78 is 7.22. The predicted octanol–water partition coefficient (Wildman–Crippen LogP) is 5.55. The number of nitrogens with zero attached hydrogens (tertiary/aromatic N) is 3. The Morgan fingerprint density at radius 2 is 1.67 bits per heavy atom. The van der Waals surface area contributed by atoms with Crippen LogP contribution in [0.1, 0.15) is 36.6 Å². The van der Waals surface area contributed by atoms with Gasteiger partial charge in [0.2, 0.25) is 11.8 Å². The summed E-state index contributed by atoms with van der Waals surface area (Å²) in [4.78, 5) is 34.1. The zero-order valence-corrected chi connectivity index (χ0v) is 29.0. The highest BCUT2D eigenvalue weighted by Crippen LogP contribution is 2.42. The smallest absolute Gasteiger partial charge is 0.262 e. The summed E-state index contributed by atoms with van der Waals surface area (Å²) in [7, 11) is 1.59. The van der Waals surface area contributed by atoms with Gasteiger partial charge in [0.1, 0.15) is 5.65 Å². The van der Waals surface area contributed by atoms with Crippen LogP contribution < -0.4 is 26.2 Å². The molecule has 0 bridgehead atoms. The summed E-state index contributed by atoms with van der Waals surface area (Å²) in [5, 5.41) is 20.0. The lowest BCUT2D eigenvalue weighted by Gasteiger charge is -2.16. The number of aromatic nitrogens is 3. The number of aryl methyl sites for hydroxylation is 1. The van der Waals surface area contributed by atoms with Gasteiger partial charge in [-0.2, -0.15) is 0 Å². The topological polar surface area (TPSA) is 130 Å². The molecule has 2 atom stereocenters. The molecule has 4 N–H and O–H groups in total. The Morgan fingerprint density at radius 3 is 2.37 bits per heavy atom. The van der Waals surface area contributed by atoms with E-state index in [2.05, 4.69) is 20.9 Å². The van der Waals surface area contributed by atoms with Gasteiger partial charge in [-0.25, -0.2) is 9.97 Å². The first kappa shape index (κ1) is 34.5. The molecule has 1 aliphatic rings. The molecule has 3 aromatic heterocycles. The van der Waals surface area contributed by atoms with Gasteiger partial charge in [0.15, 0.2) is 0 Å². The number of carbonyl (C=O) groups excluding carboxylic acids is 1. The molecular weight excluding hydrogens is 663 g/mol. The molecule has 1 amide bonds. The minimum Gasteiger partial charge on any atom is -0.481 e. The van der Waals surface area contributed by atoms with Crippen LogP contribution in [0.4, 0.5) is 0 Å². The Labute approximate surface area is 294 Å². The number of methoxy groups -OCH3 is 1. The molecule has 0 aliphatic carbocycles. The van der Waals surface area contributed by atoms with Gasteiger partial charge in [-0.1, -0.05) is 65.7 Å². The molecule has 10 nitrogen and oxygen atoms in total. The second-order valence-electron chi connectivity index (χ2n) is 12.3. The van der Waals surface area contributed by atoms with E-state index in [0.29, 0.717) is 71.1 Å². The van der Waals surface area contributed by atoms with E-state index >= 15 is 0 Å². The summed E-state index contributed by atoms with van der Waals surface area (Å²) in [6.07, 6.45) is 2.45. The number of ether oxygens (including phenoxy) is 1. The molecule has 6 rings (SSSR count). The van der Waals surface area contributed by atoms with Crippen LogP contribution >= 0.6 is 23.2 Å². The van der Waals surface area contributed by atoms with Gasteiger partial charge in [-0.3, -0.25) is 14.0 Å². The number of halogens is 2. The van der Waals surface area contributed by atoms with Gasteiger partial charge in [-0.05, 0) is 44.0 Å². The third kappa shape index (κ3) is 7.49. The van der Waals surface area contributed by atoms with Crippen LogP contribution in [0, 0.1) is 6.92 Å². The number of hydrogen-bond donors (Lipinski definition) is 4. The van der Waals surface area contributed by atoms with Crippen LogP contribution in [0.2, 0.25) is 10.0 Å². The molecule has 0 radical (unpaired) electrons. The molecule has 0 saturated carbocycles. The van der Waals surface area contributed by atoms with Gasteiger partial charge >= 0.3 is 0 Å². The van der Waals surface area contributed by atoms with E-state index in [0.717, 1.165) is 39.8 Å². The normalized spacial score (nSPS) is 15.1. The molecule has 254 valence electrons. The number of amides is 1. The molecule has 1 saturated heterocycles. The first-order valence-corrected chi connectivity index (χ1v) is 16.9. The SMILES string of the molecule is COc1nc(-c2cccc(-c3cccc(-c4cc(C)n5c(=O)c(CNC[C@H](C)O)cnc5c4)c3Cl)c2Cl)ccc1CNC[C@H]1CCC(=O)N1. The van der Waals surface area contributed by atoms with E-state index in [1.165, 1.54) is 0 Å². The highest BCUT2D eigenvalue weighted by molar-refractivity contribution is 6.39. The van der Waals surface area contributed by atoms with Gasteiger partial charge < -0.3 is 25.8 Å². The number of nitrogens with one attached hydrogen (secondary N) is 3. The van der Waals surface area contributed by atoms with Gasteiger partial charge in [0.25, 0.3) is 5.56 Å². The summed E-state index contributed by atoms with van der Waals surface area (Å²) in [6.45, 7) is 5.44. The third-order valence-corrected chi connectivity index (χ3v) is 9.43. The minimum atomic E-state index is -0.516. The highest BCUT2D eigenvalue weighted by atomic mass is 35.5. The molecule has 49 heavy (non-hydrogen) atoms. The van der Waals surface area contributed by atoms with Crippen molar-refractivity contribution >= 4 is 34.8 Å². The van der Waals surface area contributed by atoms with Crippen LogP contribution in [-0.4, -0.2) is 57.7 Å². The van der Waals surface area contributed by atoms with Crippen LogP contribution in [0.25, 0.3) is 39.2 Å². The lowest BCUT2D eigenvalue weighted by Crippen LogP contribution is -2.35. The van der Waals surface area contributed by atoms with Crippen molar-refractivity contribution in [2.24, 2.45) is 0 Å². The number of aliphatic hydroxyl groups is 1. The molecular formula is C37H38Cl2N6O4. The Bertz CT molecular complexity index is 2080. The molecule has 2 aromatic carbocycles. The van der Waals surface area contributed by atoms with E-state index in [-0.39, 0.29) is 17.5 Å². The number of aliphatic hydroxyl groups excluding tert-OH is 1. The molecule has 0 unspecified atom stereocenters. The maximum atomic E-state index is 13.3.